The summed E-state index contributed by atoms with van der Waals surface area (Å²) in [6.07, 6.45) is 0. The van der Waals surface area contributed by atoms with Crippen molar-refractivity contribution in [3.05, 3.63) is 29.6 Å². The van der Waals surface area contributed by atoms with Gasteiger partial charge in [0.25, 0.3) is 0 Å². The molecule has 0 saturated heterocycles. The molecule has 9 heteroatoms. The van der Waals surface area contributed by atoms with E-state index < -0.39 is 44.2 Å². The van der Waals surface area contributed by atoms with Crippen LogP contribution in [0.2, 0.25) is 0 Å². The minimum absolute atomic E-state index is 0.473. The van der Waals surface area contributed by atoms with Gasteiger partial charge in [-0.25, -0.2) is 17.6 Å². The predicted octanol–water partition coefficient (Wildman–Crippen LogP) is -0.324. The average molecular weight is 290 g/mol. The van der Waals surface area contributed by atoms with E-state index >= 15 is 0 Å². The van der Waals surface area contributed by atoms with Crippen molar-refractivity contribution in [2.24, 2.45) is 5.73 Å². The third-order valence-electron chi connectivity index (χ3n) is 2.24. The number of sulfonamides is 1. The summed E-state index contributed by atoms with van der Waals surface area (Å²) in [4.78, 5) is 21.0. The Morgan fingerprint density at radius 3 is 2.47 bits per heavy atom. The smallest absolute Gasteiger partial charge is 0.338 e. The average Bonchev–Trinajstić information content (AvgIpc) is 2.27. The molecule has 7 nitrogen and oxygen atoms in total. The Labute approximate surface area is 108 Å². The van der Waals surface area contributed by atoms with Gasteiger partial charge in [0.05, 0.1) is 16.5 Å². The monoisotopic (exact) mass is 290 g/mol. The fourth-order valence-electron chi connectivity index (χ4n) is 1.19. The number of hydrogen-bond acceptors (Lipinski definition) is 4. The Morgan fingerprint density at radius 1 is 1.42 bits per heavy atom. The highest BCUT2D eigenvalue weighted by Gasteiger charge is 2.22. The number of amides is 1. The van der Waals surface area contributed by atoms with E-state index in [0.717, 1.165) is 6.07 Å². The molecular formula is C10H11FN2O5S. The first-order valence-corrected chi connectivity index (χ1v) is 6.48. The predicted molar refractivity (Wildman–Crippen MR) is 62.3 cm³/mol. The summed E-state index contributed by atoms with van der Waals surface area (Å²) in [5.41, 5.74) is 4.12. The molecule has 1 aromatic carbocycles. The van der Waals surface area contributed by atoms with Crippen LogP contribution in [0.25, 0.3) is 0 Å². The minimum atomic E-state index is -4.16. The van der Waals surface area contributed by atoms with Gasteiger partial charge in [0.15, 0.2) is 0 Å². The highest BCUT2D eigenvalue weighted by molar-refractivity contribution is 7.89. The fourth-order valence-corrected chi connectivity index (χ4v) is 2.43. The molecule has 0 aliphatic heterocycles. The number of nitrogens with one attached hydrogen (secondary N) is 1. The number of carboxylic acid groups (broad SMARTS) is 1. The van der Waals surface area contributed by atoms with Crippen molar-refractivity contribution in [3.63, 3.8) is 0 Å². The van der Waals surface area contributed by atoms with Gasteiger partial charge < -0.3 is 10.8 Å². The van der Waals surface area contributed by atoms with Crippen molar-refractivity contribution < 1.29 is 27.5 Å². The van der Waals surface area contributed by atoms with Crippen molar-refractivity contribution in [2.45, 2.75) is 17.9 Å². The van der Waals surface area contributed by atoms with Crippen LogP contribution in [0.15, 0.2) is 23.1 Å². The number of rotatable bonds is 5. The maximum absolute atomic E-state index is 13.1. The molecule has 104 valence electrons. The van der Waals surface area contributed by atoms with Gasteiger partial charge in [-0.3, -0.25) is 4.79 Å². The van der Waals surface area contributed by atoms with Gasteiger partial charge in [-0.05, 0) is 25.1 Å². The van der Waals surface area contributed by atoms with Crippen LogP contribution in [0.3, 0.4) is 0 Å². The number of carbonyl (C=O) groups excluding carboxylic acids is 1. The molecule has 0 saturated carbocycles. The van der Waals surface area contributed by atoms with Crippen LogP contribution < -0.4 is 10.5 Å². The van der Waals surface area contributed by atoms with E-state index in [0.29, 0.717) is 12.1 Å². The molecule has 0 spiro atoms. The minimum Gasteiger partial charge on any atom is -0.478 e. The third-order valence-corrected chi connectivity index (χ3v) is 3.78. The second-order valence-corrected chi connectivity index (χ2v) is 5.41. The molecule has 1 atom stereocenters. The zero-order valence-electron chi connectivity index (χ0n) is 9.75. The second kappa shape index (κ2) is 5.33. The van der Waals surface area contributed by atoms with Crippen molar-refractivity contribution in [2.75, 3.05) is 0 Å². The topological polar surface area (TPSA) is 127 Å². The number of carboxylic acids is 1. The molecule has 0 aromatic heterocycles. The molecule has 1 unspecified atom stereocenters. The highest BCUT2D eigenvalue weighted by Crippen LogP contribution is 2.15. The zero-order valence-corrected chi connectivity index (χ0v) is 10.6. The lowest BCUT2D eigenvalue weighted by atomic mass is 10.2. The lowest BCUT2D eigenvalue weighted by Crippen LogP contribution is -2.42. The van der Waals surface area contributed by atoms with Crippen LogP contribution in [0, 0.1) is 5.82 Å². The second-order valence-electron chi connectivity index (χ2n) is 3.69. The Hall–Kier alpha value is -2.00. The van der Waals surface area contributed by atoms with Gasteiger partial charge in [0.1, 0.15) is 5.82 Å². The number of hydrogen-bond donors (Lipinski definition) is 3. The molecule has 1 rings (SSSR count). The van der Waals surface area contributed by atoms with Crippen LogP contribution in [0.4, 0.5) is 4.39 Å². The number of benzene rings is 1. The maximum Gasteiger partial charge on any atom is 0.338 e. The normalized spacial score (nSPS) is 12.9. The number of primary amides is 1. The molecule has 4 N–H and O–H groups in total. The van der Waals surface area contributed by atoms with Crippen LogP contribution in [-0.4, -0.2) is 31.4 Å². The largest absolute Gasteiger partial charge is 0.478 e. The molecule has 0 aliphatic carbocycles. The van der Waals surface area contributed by atoms with Crippen molar-refractivity contribution >= 4 is 21.9 Å². The maximum atomic E-state index is 13.1. The number of aromatic carboxylic acids is 1. The Kier molecular flexibility index (Phi) is 4.22. The van der Waals surface area contributed by atoms with Gasteiger partial charge in [-0.15, -0.1) is 0 Å². The molecule has 1 aromatic rings. The first-order valence-electron chi connectivity index (χ1n) is 4.99. The van der Waals surface area contributed by atoms with E-state index in [-0.39, 0.29) is 0 Å². The third kappa shape index (κ3) is 3.48. The fraction of sp³-hybridized carbons (Fsp3) is 0.200. The van der Waals surface area contributed by atoms with Crippen LogP contribution >= 0.6 is 0 Å². The standard InChI is InChI=1S/C10H11FN2O5S/c1-5(9(12)14)13-19(17,18)6-2-3-8(11)7(4-6)10(15)16/h2-5,13H,1H3,(H2,12,14)(H,15,16). The van der Waals surface area contributed by atoms with Crippen LogP contribution in [0.5, 0.6) is 0 Å². The summed E-state index contributed by atoms with van der Waals surface area (Å²) < 4.78 is 38.7. The van der Waals surface area contributed by atoms with E-state index in [1.54, 1.807) is 0 Å². The molecular weight excluding hydrogens is 279 g/mol. The molecule has 0 fully saturated rings. The van der Waals surface area contributed by atoms with Gasteiger partial charge in [-0.1, -0.05) is 0 Å². The van der Waals surface area contributed by atoms with Crippen molar-refractivity contribution in [1.29, 1.82) is 0 Å². The summed E-state index contributed by atoms with van der Waals surface area (Å²) >= 11 is 0. The zero-order chi connectivity index (χ0) is 14.8. The quantitative estimate of drug-likeness (QED) is 0.684. The van der Waals surface area contributed by atoms with Crippen LogP contribution in [0.1, 0.15) is 17.3 Å². The van der Waals surface area contributed by atoms with Crippen molar-refractivity contribution in [1.82, 2.24) is 4.72 Å². The summed E-state index contributed by atoms with van der Waals surface area (Å²) in [5, 5.41) is 8.70. The van der Waals surface area contributed by atoms with Gasteiger partial charge >= 0.3 is 5.97 Å². The van der Waals surface area contributed by atoms with Gasteiger partial charge in [0.2, 0.25) is 15.9 Å². The van der Waals surface area contributed by atoms with E-state index in [9.17, 15) is 22.4 Å². The Morgan fingerprint density at radius 2 is 2.00 bits per heavy atom. The number of nitrogens with two attached hydrogens (primary N) is 1. The van der Waals surface area contributed by atoms with E-state index in [1.165, 1.54) is 6.92 Å². The van der Waals surface area contributed by atoms with Gasteiger partial charge in [0, 0.05) is 0 Å². The van der Waals surface area contributed by atoms with E-state index in [1.807, 2.05) is 4.72 Å². The first kappa shape index (κ1) is 15.1. The Bertz CT molecular complexity index is 629. The lowest BCUT2D eigenvalue weighted by Gasteiger charge is -2.11. The summed E-state index contributed by atoms with van der Waals surface area (Å²) in [6, 6.07) is 1.08. The highest BCUT2D eigenvalue weighted by atomic mass is 32.2. The summed E-state index contributed by atoms with van der Waals surface area (Å²) in [5.74, 6) is -3.56. The summed E-state index contributed by atoms with van der Waals surface area (Å²) in [6.45, 7) is 1.22. The molecule has 0 bridgehead atoms. The molecule has 0 radical (unpaired) electrons. The first-order chi connectivity index (χ1) is 8.65. The lowest BCUT2D eigenvalue weighted by molar-refractivity contribution is -0.119. The Balaban J connectivity index is 3.19. The molecule has 19 heavy (non-hydrogen) atoms. The SMILES string of the molecule is CC(NS(=O)(=O)c1ccc(F)c(C(=O)O)c1)C(N)=O. The number of carbonyl (C=O) groups is 2. The summed E-state index contributed by atoms with van der Waals surface area (Å²) in [7, 11) is -4.16. The molecule has 0 aliphatic rings. The van der Waals surface area contributed by atoms with Gasteiger partial charge in [-0.2, -0.15) is 4.72 Å². The van der Waals surface area contributed by atoms with E-state index in [2.05, 4.69) is 0 Å². The molecule has 1 amide bonds. The van der Waals surface area contributed by atoms with E-state index in [4.69, 9.17) is 10.8 Å². The van der Waals surface area contributed by atoms with Crippen LogP contribution in [-0.2, 0) is 14.8 Å². The molecule has 0 heterocycles. The van der Waals surface area contributed by atoms with Crippen molar-refractivity contribution in [3.8, 4) is 0 Å². The number of halogens is 1.